The Morgan fingerprint density at radius 3 is 2.72 bits per heavy atom. The molecule has 3 N–H and O–H groups in total. The van der Waals surface area contributed by atoms with Crippen LogP contribution in [0.4, 0.5) is 0 Å². The van der Waals surface area contributed by atoms with E-state index >= 15 is 0 Å². The van der Waals surface area contributed by atoms with Crippen LogP contribution in [-0.2, 0) is 12.8 Å². The molecule has 96 valence electrons. The molecule has 2 aromatic rings. The molecule has 0 aliphatic rings. The summed E-state index contributed by atoms with van der Waals surface area (Å²) < 4.78 is 1.18. The van der Waals surface area contributed by atoms with Gasteiger partial charge in [-0.25, -0.2) is 0 Å². The zero-order valence-corrected chi connectivity index (χ0v) is 12.4. The standard InChI is InChI=1S/C13H16BrN3S/c14-12-5-8-18-13(12)9-11(17-15)2-1-10-3-6-16-7-4-10/h3-8,11,17H,1-2,9,15H2. The quantitative estimate of drug-likeness (QED) is 0.634. The number of nitrogens with zero attached hydrogens (tertiary/aromatic N) is 1. The summed E-state index contributed by atoms with van der Waals surface area (Å²) in [5.74, 6) is 5.63. The van der Waals surface area contributed by atoms with Crippen LogP contribution >= 0.6 is 27.3 Å². The van der Waals surface area contributed by atoms with Gasteiger partial charge in [0.1, 0.15) is 0 Å². The topological polar surface area (TPSA) is 50.9 Å². The third kappa shape index (κ3) is 3.88. The zero-order valence-electron chi connectivity index (χ0n) is 9.97. The van der Waals surface area contributed by atoms with Gasteiger partial charge in [0.05, 0.1) is 0 Å². The van der Waals surface area contributed by atoms with Crippen molar-refractivity contribution in [3.8, 4) is 0 Å². The number of nitrogens with one attached hydrogen (secondary N) is 1. The molecule has 0 aromatic carbocycles. The van der Waals surface area contributed by atoms with E-state index in [1.165, 1.54) is 14.9 Å². The van der Waals surface area contributed by atoms with Gasteiger partial charge in [-0.1, -0.05) is 0 Å². The van der Waals surface area contributed by atoms with E-state index in [2.05, 4.69) is 49.9 Å². The summed E-state index contributed by atoms with van der Waals surface area (Å²) in [6.45, 7) is 0. The second kappa shape index (κ2) is 6.99. The number of thiophene rings is 1. The predicted molar refractivity (Wildman–Crippen MR) is 79.4 cm³/mol. The SMILES string of the molecule is NNC(CCc1ccncc1)Cc1sccc1Br. The average Bonchev–Trinajstić information content (AvgIpc) is 2.81. The summed E-state index contributed by atoms with van der Waals surface area (Å²) >= 11 is 5.32. The highest BCUT2D eigenvalue weighted by atomic mass is 79.9. The number of halogens is 1. The van der Waals surface area contributed by atoms with Crippen LogP contribution in [0.25, 0.3) is 0 Å². The van der Waals surface area contributed by atoms with Gasteiger partial charge in [-0.05, 0) is 64.3 Å². The Bertz CT molecular complexity index is 472. The Labute approximate surface area is 120 Å². The van der Waals surface area contributed by atoms with Crippen LogP contribution in [-0.4, -0.2) is 11.0 Å². The number of nitrogens with two attached hydrogens (primary N) is 1. The highest BCUT2D eigenvalue weighted by Crippen LogP contribution is 2.24. The first-order chi connectivity index (χ1) is 8.79. The molecule has 18 heavy (non-hydrogen) atoms. The normalized spacial score (nSPS) is 12.6. The van der Waals surface area contributed by atoms with Crippen LogP contribution < -0.4 is 11.3 Å². The summed E-state index contributed by atoms with van der Waals surface area (Å²) in [6.07, 6.45) is 6.65. The van der Waals surface area contributed by atoms with E-state index in [0.717, 1.165) is 19.3 Å². The van der Waals surface area contributed by atoms with Crippen molar-refractivity contribution in [1.82, 2.24) is 10.4 Å². The Morgan fingerprint density at radius 2 is 2.11 bits per heavy atom. The predicted octanol–water partition coefficient (Wildman–Crippen LogP) is 2.91. The molecule has 0 bridgehead atoms. The van der Waals surface area contributed by atoms with Crippen molar-refractivity contribution in [3.05, 3.63) is 50.9 Å². The summed E-state index contributed by atoms with van der Waals surface area (Å²) in [5, 5.41) is 2.09. The highest BCUT2D eigenvalue weighted by Gasteiger charge is 2.11. The highest BCUT2D eigenvalue weighted by molar-refractivity contribution is 9.10. The van der Waals surface area contributed by atoms with Crippen molar-refractivity contribution < 1.29 is 0 Å². The molecule has 5 heteroatoms. The molecule has 0 fully saturated rings. The van der Waals surface area contributed by atoms with E-state index in [4.69, 9.17) is 5.84 Å². The average molecular weight is 326 g/mol. The maximum atomic E-state index is 5.63. The second-order valence-electron chi connectivity index (χ2n) is 4.15. The van der Waals surface area contributed by atoms with Crippen LogP contribution in [0.5, 0.6) is 0 Å². The lowest BCUT2D eigenvalue weighted by Gasteiger charge is -2.15. The first-order valence-corrected chi connectivity index (χ1v) is 7.53. The van der Waals surface area contributed by atoms with Crippen LogP contribution in [0.2, 0.25) is 0 Å². The summed E-state index contributed by atoms with van der Waals surface area (Å²) in [4.78, 5) is 5.36. The molecular formula is C13H16BrN3S. The molecule has 2 aromatic heterocycles. The van der Waals surface area contributed by atoms with Crippen LogP contribution in [0.15, 0.2) is 40.4 Å². The summed E-state index contributed by atoms with van der Waals surface area (Å²) in [6, 6.07) is 6.48. The van der Waals surface area contributed by atoms with Crippen molar-refractivity contribution in [1.29, 1.82) is 0 Å². The Balaban J connectivity index is 1.88. The van der Waals surface area contributed by atoms with Crippen molar-refractivity contribution in [3.63, 3.8) is 0 Å². The molecule has 0 saturated carbocycles. The zero-order chi connectivity index (χ0) is 12.8. The molecule has 2 heterocycles. The summed E-state index contributed by atoms with van der Waals surface area (Å²) in [7, 11) is 0. The molecule has 0 aliphatic carbocycles. The fraction of sp³-hybridized carbons (Fsp3) is 0.308. The number of aryl methyl sites for hydroxylation is 1. The number of hydrogen-bond donors (Lipinski definition) is 2. The van der Waals surface area contributed by atoms with Gasteiger partial charge in [-0.3, -0.25) is 16.3 Å². The van der Waals surface area contributed by atoms with Crippen LogP contribution in [0.1, 0.15) is 16.9 Å². The minimum atomic E-state index is 0.299. The van der Waals surface area contributed by atoms with Gasteiger partial charge in [-0.15, -0.1) is 11.3 Å². The second-order valence-corrected chi connectivity index (χ2v) is 6.01. The van der Waals surface area contributed by atoms with Crippen molar-refractivity contribution in [2.75, 3.05) is 0 Å². The monoisotopic (exact) mass is 325 g/mol. The molecule has 0 aliphatic heterocycles. The Hall–Kier alpha value is -0.750. The number of aromatic nitrogens is 1. The lowest BCUT2D eigenvalue weighted by Crippen LogP contribution is -2.37. The van der Waals surface area contributed by atoms with Crippen molar-refractivity contribution in [2.45, 2.75) is 25.3 Å². The van der Waals surface area contributed by atoms with Gasteiger partial charge < -0.3 is 0 Å². The molecule has 0 spiro atoms. The van der Waals surface area contributed by atoms with E-state index in [0.29, 0.717) is 6.04 Å². The van der Waals surface area contributed by atoms with Crippen molar-refractivity contribution in [2.24, 2.45) is 5.84 Å². The van der Waals surface area contributed by atoms with E-state index in [1.54, 1.807) is 11.3 Å². The molecule has 3 nitrogen and oxygen atoms in total. The minimum absolute atomic E-state index is 0.299. The van der Waals surface area contributed by atoms with E-state index < -0.39 is 0 Å². The smallest absolute Gasteiger partial charge is 0.0314 e. The Kier molecular flexibility index (Phi) is 5.31. The van der Waals surface area contributed by atoms with Gasteiger partial charge >= 0.3 is 0 Å². The summed E-state index contributed by atoms with van der Waals surface area (Å²) in [5.41, 5.74) is 4.21. The van der Waals surface area contributed by atoms with Crippen LogP contribution in [0.3, 0.4) is 0 Å². The van der Waals surface area contributed by atoms with Gasteiger partial charge in [0.2, 0.25) is 0 Å². The van der Waals surface area contributed by atoms with Crippen LogP contribution in [0, 0.1) is 0 Å². The number of rotatable bonds is 6. The number of pyridine rings is 1. The molecule has 0 saturated heterocycles. The number of hydrogen-bond acceptors (Lipinski definition) is 4. The minimum Gasteiger partial charge on any atom is -0.271 e. The molecule has 1 atom stereocenters. The first-order valence-electron chi connectivity index (χ1n) is 5.86. The molecule has 0 amide bonds. The van der Waals surface area contributed by atoms with E-state index in [-0.39, 0.29) is 0 Å². The Morgan fingerprint density at radius 1 is 1.33 bits per heavy atom. The van der Waals surface area contributed by atoms with E-state index in [9.17, 15) is 0 Å². The van der Waals surface area contributed by atoms with Gasteiger partial charge in [0.15, 0.2) is 0 Å². The number of hydrazine groups is 1. The van der Waals surface area contributed by atoms with Gasteiger partial charge in [0.25, 0.3) is 0 Å². The largest absolute Gasteiger partial charge is 0.271 e. The molecule has 1 unspecified atom stereocenters. The maximum absolute atomic E-state index is 5.63. The van der Waals surface area contributed by atoms with E-state index in [1.807, 2.05) is 12.4 Å². The van der Waals surface area contributed by atoms with Crippen molar-refractivity contribution >= 4 is 27.3 Å². The van der Waals surface area contributed by atoms with Gasteiger partial charge in [-0.2, -0.15) is 0 Å². The molecule has 2 rings (SSSR count). The fourth-order valence-electron chi connectivity index (χ4n) is 1.83. The third-order valence-corrected chi connectivity index (χ3v) is 4.84. The van der Waals surface area contributed by atoms with Gasteiger partial charge in [0, 0.05) is 27.8 Å². The first kappa shape index (κ1) is 13.7. The lowest BCUT2D eigenvalue weighted by molar-refractivity contribution is 0.493. The molecule has 0 radical (unpaired) electrons. The molecular weight excluding hydrogens is 310 g/mol. The maximum Gasteiger partial charge on any atom is 0.0314 e. The fourth-order valence-corrected chi connectivity index (χ4v) is 3.43. The third-order valence-electron chi connectivity index (χ3n) is 2.89. The lowest BCUT2D eigenvalue weighted by atomic mass is 10.0.